The van der Waals surface area contributed by atoms with Crippen LogP contribution in [-0.2, 0) is 0 Å². The Kier molecular flexibility index (Phi) is 5.84. The molecule has 0 aliphatic carbocycles. The molecule has 0 bridgehead atoms. The highest BCUT2D eigenvalue weighted by molar-refractivity contribution is 6.11. The summed E-state index contributed by atoms with van der Waals surface area (Å²) >= 11 is 0. The second-order valence-corrected chi connectivity index (χ2v) is 10.8. The van der Waals surface area contributed by atoms with Crippen molar-refractivity contribution in [2.75, 3.05) is 0 Å². The standard InChI is InChI=1S/C38H18N8/c39-18-23-4-8-33-28(13-23)29-14-24(19-40)5-9-34(29)45(33)37-22-44-38(17-27(37)21-42)46-35-10-6-25(20-41)15-30(35)31-16-26(7-11-36(31)46)32-3-1-2-12-43-32/h1-17,22H. The molecular weight excluding hydrogens is 568 g/mol. The number of pyridine rings is 2. The highest BCUT2D eigenvalue weighted by Gasteiger charge is 2.20. The molecule has 210 valence electrons. The summed E-state index contributed by atoms with van der Waals surface area (Å²) in [6, 6.07) is 39.0. The fourth-order valence-electron chi connectivity index (χ4n) is 6.28. The summed E-state index contributed by atoms with van der Waals surface area (Å²) in [5.41, 5.74) is 7.60. The van der Waals surface area contributed by atoms with Crippen LogP contribution >= 0.6 is 0 Å². The van der Waals surface area contributed by atoms with Crippen LogP contribution in [0.25, 0.3) is 66.4 Å². The molecule has 0 aliphatic rings. The van der Waals surface area contributed by atoms with E-state index in [1.54, 1.807) is 48.8 Å². The van der Waals surface area contributed by atoms with Crippen molar-refractivity contribution in [3.8, 4) is 47.0 Å². The zero-order valence-corrected chi connectivity index (χ0v) is 24.0. The molecule has 8 heteroatoms. The Bertz CT molecular complexity index is 2670. The predicted octanol–water partition coefficient (Wildman–Crippen LogP) is 7.82. The van der Waals surface area contributed by atoms with Gasteiger partial charge in [-0.25, -0.2) is 4.98 Å². The van der Waals surface area contributed by atoms with Gasteiger partial charge in [-0.3, -0.25) is 9.55 Å². The van der Waals surface area contributed by atoms with E-state index < -0.39 is 0 Å². The van der Waals surface area contributed by atoms with E-state index in [2.05, 4.69) is 35.3 Å². The second-order valence-electron chi connectivity index (χ2n) is 10.8. The summed E-state index contributed by atoms with van der Waals surface area (Å²) in [7, 11) is 0. The first-order valence-corrected chi connectivity index (χ1v) is 14.3. The van der Waals surface area contributed by atoms with Gasteiger partial charge in [0.25, 0.3) is 0 Å². The van der Waals surface area contributed by atoms with E-state index in [9.17, 15) is 21.0 Å². The molecule has 0 saturated heterocycles. The number of rotatable bonds is 3. The van der Waals surface area contributed by atoms with Crippen molar-refractivity contribution >= 4 is 43.6 Å². The number of benzene rings is 4. The van der Waals surface area contributed by atoms with Crippen molar-refractivity contribution in [3.63, 3.8) is 0 Å². The van der Waals surface area contributed by atoms with Gasteiger partial charge >= 0.3 is 0 Å². The molecular formula is C38H18N8. The maximum Gasteiger partial charge on any atom is 0.139 e. The maximum atomic E-state index is 10.5. The van der Waals surface area contributed by atoms with Gasteiger partial charge in [-0.05, 0) is 78.9 Å². The van der Waals surface area contributed by atoms with Gasteiger partial charge in [0.2, 0.25) is 0 Å². The Morgan fingerprint density at radius 2 is 1.04 bits per heavy atom. The molecule has 0 amide bonds. The summed E-state index contributed by atoms with van der Waals surface area (Å²) in [5.74, 6) is 0.551. The van der Waals surface area contributed by atoms with Crippen LogP contribution in [0, 0.1) is 45.3 Å². The molecule has 4 aromatic heterocycles. The first-order chi connectivity index (χ1) is 22.6. The summed E-state index contributed by atoms with van der Waals surface area (Å²) < 4.78 is 3.95. The van der Waals surface area contributed by atoms with Crippen molar-refractivity contribution in [2.45, 2.75) is 0 Å². The third-order valence-corrected chi connectivity index (χ3v) is 8.34. The van der Waals surface area contributed by atoms with E-state index in [4.69, 9.17) is 4.98 Å². The Balaban J connectivity index is 1.38. The van der Waals surface area contributed by atoms with Crippen LogP contribution in [0.4, 0.5) is 0 Å². The van der Waals surface area contributed by atoms with Crippen LogP contribution in [0.2, 0.25) is 0 Å². The van der Waals surface area contributed by atoms with Gasteiger partial charge in [0.15, 0.2) is 0 Å². The van der Waals surface area contributed by atoms with Gasteiger partial charge < -0.3 is 4.57 Å². The third kappa shape index (κ3) is 3.90. The zero-order chi connectivity index (χ0) is 31.4. The fourth-order valence-corrected chi connectivity index (χ4v) is 6.28. The predicted molar refractivity (Wildman–Crippen MR) is 175 cm³/mol. The molecule has 0 saturated carbocycles. The van der Waals surface area contributed by atoms with Crippen molar-refractivity contribution in [2.24, 2.45) is 0 Å². The molecule has 8 aromatic rings. The first kappa shape index (κ1) is 26.4. The van der Waals surface area contributed by atoms with Gasteiger partial charge in [0, 0.05) is 39.4 Å². The number of nitriles is 4. The molecule has 8 nitrogen and oxygen atoms in total. The van der Waals surface area contributed by atoms with E-state index in [0.717, 1.165) is 54.9 Å². The smallest absolute Gasteiger partial charge is 0.139 e. The molecule has 4 heterocycles. The molecule has 46 heavy (non-hydrogen) atoms. The van der Waals surface area contributed by atoms with Gasteiger partial charge in [-0.1, -0.05) is 12.1 Å². The van der Waals surface area contributed by atoms with Crippen LogP contribution in [0.15, 0.2) is 109 Å². The van der Waals surface area contributed by atoms with Crippen molar-refractivity contribution in [1.29, 1.82) is 21.0 Å². The molecule has 0 unspecified atom stereocenters. The molecule has 0 spiro atoms. The Labute approximate surface area is 262 Å². The summed E-state index contributed by atoms with van der Waals surface area (Å²) in [6.07, 6.45) is 3.44. The SMILES string of the molecule is N#Cc1ccc2c(c1)c1cc(-c3ccccn3)ccc1n2-c1cc(C#N)c(-n2c3ccc(C#N)cc3c3cc(C#N)ccc32)cn1. The number of hydrogen-bond acceptors (Lipinski definition) is 6. The quantitative estimate of drug-likeness (QED) is 0.207. The van der Waals surface area contributed by atoms with E-state index >= 15 is 0 Å². The lowest BCUT2D eigenvalue weighted by molar-refractivity contribution is 1.05. The van der Waals surface area contributed by atoms with Crippen LogP contribution in [0.5, 0.6) is 0 Å². The first-order valence-electron chi connectivity index (χ1n) is 14.3. The second kappa shape index (κ2) is 10.2. The summed E-state index contributed by atoms with van der Waals surface area (Å²) in [4.78, 5) is 9.41. The molecule has 4 aromatic carbocycles. The van der Waals surface area contributed by atoms with Gasteiger partial charge in [-0.15, -0.1) is 0 Å². The fraction of sp³-hybridized carbons (Fsp3) is 0. The molecule has 8 rings (SSSR count). The molecule has 0 N–H and O–H groups in total. The van der Waals surface area contributed by atoms with E-state index in [-0.39, 0.29) is 0 Å². The Morgan fingerprint density at radius 1 is 0.500 bits per heavy atom. The lowest BCUT2D eigenvalue weighted by atomic mass is 10.1. The van der Waals surface area contributed by atoms with Crippen molar-refractivity contribution in [1.82, 2.24) is 19.1 Å². The zero-order valence-electron chi connectivity index (χ0n) is 24.0. The minimum atomic E-state index is 0.395. The van der Waals surface area contributed by atoms with Gasteiger partial charge in [0.05, 0.1) is 80.1 Å². The number of hydrogen-bond donors (Lipinski definition) is 0. The van der Waals surface area contributed by atoms with Crippen LogP contribution in [0.3, 0.4) is 0 Å². The highest BCUT2D eigenvalue weighted by atomic mass is 15.1. The van der Waals surface area contributed by atoms with Crippen LogP contribution in [0.1, 0.15) is 22.3 Å². The minimum absolute atomic E-state index is 0.395. The Hall–Kier alpha value is -7.26. The lowest BCUT2D eigenvalue weighted by Gasteiger charge is -2.13. The summed E-state index contributed by atoms with van der Waals surface area (Å²) in [6.45, 7) is 0. The van der Waals surface area contributed by atoms with Crippen LogP contribution < -0.4 is 0 Å². The average molecular weight is 587 g/mol. The lowest BCUT2D eigenvalue weighted by Crippen LogP contribution is -2.03. The van der Waals surface area contributed by atoms with Crippen LogP contribution in [-0.4, -0.2) is 19.1 Å². The molecule has 0 aliphatic heterocycles. The topological polar surface area (TPSA) is 131 Å². The van der Waals surface area contributed by atoms with E-state index in [0.29, 0.717) is 33.8 Å². The third-order valence-electron chi connectivity index (χ3n) is 8.34. The highest BCUT2D eigenvalue weighted by Crippen LogP contribution is 2.37. The molecule has 0 atom stereocenters. The monoisotopic (exact) mass is 586 g/mol. The number of aromatic nitrogens is 4. The normalized spacial score (nSPS) is 11.0. The average Bonchev–Trinajstić information content (AvgIpc) is 3.62. The number of fused-ring (bicyclic) bond motifs is 6. The maximum absolute atomic E-state index is 10.5. The molecule has 0 radical (unpaired) electrons. The van der Waals surface area contributed by atoms with E-state index in [1.807, 2.05) is 63.7 Å². The molecule has 0 fully saturated rings. The summed E-state index contributed by atoms with van der Waals surface area (Å²) in [5, 5.41) is 42.7. The van der Waals surface area contributed by atoms with Crippen molar-refractivity contribution < 1.29 is 0 Å². The Morgan fingerprint density at radius 3 is 1.57 bits per heavy atom. The van der Waals surface area contributed by atoms with Gasteiger partial charge in [0.1, 0.15) is 11.9 Å². The van der Waals surface area contributed by atoms with Crippen molar-refractivity contribution in [3.05, 3.63) is 132 Å². The number of nitrogens with zero attached hydrogens (tertiary/aromatic N) is 8. The van der Waals surface area contributed by atoms with Gasteiger partial charge in [-0.2, -0.15) is 21.0 Å². The van der Waals surface area contributed by atoms with E-state index in [1.165, 1.54) is 0 Å². The largest absolute Gasteiger partial charge is 0.306 e. The minimum Gasteiger partial charge on any atom is -0.306 e.